The lowest BCUT2D eigenvalue weighted by Crippen LogP contribution is -2.26. The maximum Gasteiger partial charge on any atom is 0.344 e. The lowest BCUT2D eigenvalue weighted by atomic mass is 10.0. The molecule has 0 bridgehead atoms. The molecule has 0 amide bonds. The van der Waals surface area contributed by atoms with E-state index in [1.807, 2.05) is 61.5 Å². The minimum atomic E-state index is -0.922. The summed E-state index contributed by atoms with van der Waals surface area (Å²) >= 11 is 0. The van der Waals surface area contributed by atoms with Crippen molar-refractivity contribution in [2.75, 3.05) is 0 Å². The van der Waals surface area contributed by atoms with Gasteiger partial charge in [0, 0.05) is 5.56 Å². The molecule has 1 N–H and O–H groups in total. The van der Waals surface area contributed by atoms with Gasteiger partial charge in [0.15, 0.2) is 6.10 Å². The highest BCUT2D eigenvalue weighted by molar-refractivity contribution is 5.74. The van der Waals surface area contributed by atoms with Gasteiger partial charge in [0.05, 0.1) is 0 Å². The minimum absolute atomic E-state index is 0.498. The number of aliphatic carboxylic acids is 1. The average Bonchev–Trinajstić information content (AvgIpc) is 2.48. The molecule has 2 rings (SSSR count). The maximum absolute atomic E-state index is 11.2. The summed E-state index contributed by atoms with van der Waals surface area (Å²) < 4.78 is 5.70. The molecule has 0 spiro atoms. The third-order valence-electron chi connectivity index (χ3n) is 3.07. The van der Waals surface area contributed by atoms with Crippen molar-refractivity contribution in [1.29, 1.82) is 0 Å². The molecular weight excluding hydrogens is 252 g/mol. The van der Waals surface area contributed by atoms with Gasteiger partial charge in [-0.25, -0.2) is 4.79 Å². The molecule has 20 heavy (non-hydrogen) atoms. The van der Waals surface area contributed by atoms with Gasteiger partial charge in [-0.2, -0.15) is 0 Å². The molecule has 0 aromatic heterocycles. The van der Waals surface area contributed by atoms with Crippen LogP contribution in [0.3, 0.4) is 0 Å². The third-order valence-corrected chi connectivity index (χ3v) is 3.07. The van der Waals surface area contributed by atoms with Gasteiger partial charge in [0.25, 0.3) is 0 Å². The predicted molar refractivity (Wildman–Crippen MR) is 78.8 cm³/mol. The van der Waals surface area contributed by atoms with Gasteiger partial charge >= 0.3 is 5.97 Å². The largest absolute Gasteiger partial charge is 0.479 e. The van der Waals surface area contributed by atoms with Gasteiger partial charge in [-0.1, -0.05) is 61.9 Å². The SMILES string of the molecule is CCCC(Oc1ccccc1-c1ccccc1)C(=O)O. The van der Waals surface area contributed by atoms with Gasteiger partial charge in [0.1, 0.15) is 5.75 Å². The maximum atomic E-state index is 11.2. The van der Waals surface area contributed by atoms with Crippen LogP contribution < -0.4 is 4.74 Å². The standard InChI is InChI=1S/C17H18O3/c1-2-8-16(17(18)19)20-15-12-7-6-11-14(15)13-9-4-3-5-10-13/h3-7,9-12,16H,2,8H2,1H3,(H,18,19). The number of hydrogen-bond donors (Lipinski definition) is 1. The van der Waals surface area contributed by atoms with Crippen molar-refractivity contribution in [2.45, 2.75) is 25.9 Å². The van der Waals surface area contributed by atoms with Crippen LogP contribution in [0, 0.1) is 0 Å². The number of benzene rings is 2. The lowest BCUT2D eigenvalue weighted by Gasteiger charge is -2.17. The summed E-state index contributed by atoms with van der Waals surface area (Å²) in [6.45, 7) is 1.95. The Bertz CT molecular complexity index is 563. The van der Waals surface area contributed by atoms with Gasteiger partial charge in [0.2, 0.25) is 0 Å². The first-order valence-corrected chi connectivity index (χ1v) is 6.76. The van der Waals surface area contributed by atoms with Crippen LogP contribution in [-0.2, 0) is 4.79 Å². The van der Waals surface area contributed by atoms with E-state index in [0.29, 0.717) is 12.2 Å². The summed E-state index contributed by atoms with van der Waals surface area (Å²) in [6.07, 6.45) is 0.466. The Morgan fingerprint density at radius 3 is 2.40 bits per heavy atom. The average molecular weight is 270 g/mol. The molecule has 0 heterocycles. The fourth-order valence-electron chi connectivity index (χ4n) is 2.07. The van der Waals surface area contributed by atoms with Crippen molar-refractivity contribution in [1.82, 2.24) is 0 Å². The molecule has 0 saturated carbocycles. The number of ether oxygens (including phenoxy) is 1. The molecule has 2 aromatic carbocycles. The number of carbonyl (C=O) groups is 1. The molecule has 1 atom stereocenters. The van der Waals surface area contributed by atoms with E-state index in [9.17, 15) is 9.90 Å². The summed E-state index contributed by atoms with van der Waals surface area (Å²) in [5.74, 6) is -0.311. The minimum Gasteiger partial charge on any atom is -0.479 e. The zero-order chi connectivity index (χ0) is 14.4. The molecule has 0 radical (unpaired) electrons. The van der Waals surface area contributed by atoms with Crippen molar-refractivity contribution >= 4 is 5.97 Å². The Morgan fingerprint density at radius 1 is 1.10 bits per heavy atom. The van der Waals surface area contributed by atoms with Crippen molar-refractivity contribution < 1.29 is 14.6 Å². The molecule has 2 aromatic rings. The monoisotopic (exact) mass is 270 g/mol. The zero-order valence-corrected chi connectivity index (χ0v) is 11.5. The normalized spacial score (nSPS) is 11.8. The summed E-state index contributed by atoms with van der Waals surface area (Å²) in [6, 6.07) is 17.3. The summed E-state index contributed by atoms with van der Waals surface area (Å²) in [7, 11) is 0. The second kappa shape index (κ2) is 6.75. The fraction of sp³-hybridized carbons (Fsp3) is 0.235. The van der Waals surface area contributed by atoms with E-state index in [-0.39, 0.29) is 0 Å². The third kappa shape index (κ3) is 3.38. The number of carboxylic acids is 1. The van der Waals surface area contributed by atoms with Crippen LogP contribution in [-0.4, -0.2) is 17.2 Å². The van der Waals surface area contributed by atoms with Gasteiger partial charge in [-0.15, -0.1) is 0 Å². The molecule has 0 aliphatic heterocycles. The van der Waals surface area contributed by atoms with Crippen molar-refractivity contribution in [3.05, 3.63) is 54.6 Å². The smallest absolute Gasteiger partial charge is 0.344 e. The first-order chi connectivity index (χ1) is 9.72. The van der Waals surface area contributed by atoms with Gasteiger partial charge < -0.3 is 9.84 Å². The zero-order valence-electron chi connectivity index (χ0n) is 11.5. The molecule has 0 aliphatic carbocycles. The van der Waals surface area contributed by atoms with Gasteiger partial charge in [-0.3, -0.25) is 0 Å². The Morgan fingerprint density at radius 2 is 1.75 bits per heavy atom. The highest BCUT2D eigenvalue weighted by Crippen LogP contribution is 2.30. The molecular formula is C17H18O3. The molecule has 3 nitrogen and oxygen atoms in total. The Hall–Kier alpha value is -2.29. The van der Waals surface area contributed by atoms with E-state index in [1.54, 1.807) is 0 Å². The van der Waals surface area contributed by atoms with Crippen LogP contribution >= 0.6 is 0 Å². The summed E-state index contributed by atoms with van der Waals surface area (Å²) in [4.78, 5) is 11.2. The van der Waals surface area contributed by atoms with E-state index < -0.39 is 12.1 Å². The van der Waals surface area contributed by atoms with E-state index in [0.717, 1.165) is 17.5 Å². The first-order valence-electron chi connectivity index (χ1n) is 6.76. The quantitative estimate of drug-likeness (QED) is 0.863. The molecule has 1 unspecified atom stereocenters. The molecule has 0 fully saturated rings. The second-order valence-corrected chi connectivity index (χ2v) is 4.60. The topological polar surface area (TPSA) is 46.5 Å². The van der Waals surface area contributed by atoms with Gasteiger partial charge in [-0.05, 0) is 18.1 Å². The second-order valence-electron chi connectivity index (χ2n) is 4.60. The summed E-state index contributed by atoms with van der Waals surface area (Å²) in [5.41, 5.74) is 1.93. The molecule has 104 valence electrons. The van der Waals surface area contributed by atoms with E-state index in [2.05, 4.69) is 0 Å². The number of para-hydroxylation sites is 1. The number of hydrogen-bond acceptors (Lipinski definition) is 2. The highest BCUT2D eigenvalue weighted by atomic mass is 16.5. The summed E-state index contributed by atoms with van der Waals surface area (Å²) in [5, 5.41) is 9.20. The van der Waals surface area contributed by atoms with Crippen molar-refractivity contribution in [3.8, 4) is 16.9 Å². The Balaban J connectivity index is 2.31. The van der Waals surface area contributed by atoms with E-state index >= 15 is 0 Å². The molecule has 0 saturated heterocycles. The number of rotatable bonds is 6. The fourth-order valence-corrected chi connectivity index (χ4v) is 2.07. The van der Waals surface area contributed by atoms with Crippen LogP contribution in [0.4, 0.5) is 0 Å². The van der Waals surface area contributed by atoms with Crippen molar-refractivity contribution in [2.24, 2.45) is 0 Å². The van der Waals surface area contributed by atoms with Crippen LogP contribution in [0.15, 0.2) is 54.6 Å². The van der Waals surface area contributed by atoms with E-state index in [1.165, 1.54) is 0 Å². The molecule has 0 aliphatic rings. The number of carboxylic acid groups (broad SMARTS) is 1. The van der Waals surface area contributed by atoms with Crippen LogP contribution in [0.1, 0.15) is 19.8 Å². The van der Waals surface area contributed by atoms with Crippen LogP contribution in [0.5, 0.6) is 5.75 Å². The first kappa shape index (κ1) is 14.1. The predicted octanol–water partition coefficient (Wildman–Crippen LogP) is 3.99. The Labute approximate surface area is 118 Å². The van der Waals surface area contributed by atoms with E-state index in [4.69, 9.17) is 4.74 Å². The van der Waals surface area contributed by atoms with Crippen molar-refractivity contribution in [3.63, 3.8) is 0 Å². The Kier molecular flexibility index (Phi) is 4.77. The highest BCUT2D eigenvalue weighted by Gasteiger charge is 2.19. The van der Waals surface area contributed by atoms with Crippen LogP contribution in [0.2, 0.25) is 0 Å². The molecule has 3 heteroatoms. The van der Waals surface area contributed by atoms with Crippen LogP contribution in [0.25, 0.3) is 11.1 Å². The lowest BCUT2D eigenvalue weighted by molar-refractivity contribution is -0.145.